The largest absolute Gasteiger partial charge is 0.393 e. The highest BCUT2D eigenvalue weighted by Gasteiger charge is 2.39. The van der Waals surface area contributed by atoms with E-state index < -0.39 is 0 Å². The second kappa shape index (κ2) is 3.30. The lowest BCUT2D eigenvalue weighted by atomic mass is 10.0. The molecule has 0 radical (unpaired) electrons. The smallest absolute Gasteiger partial charge is 0.0545 e. The van der Waals surface area contributed by atoms with Gasteiger partial charge in [0.2, 0.25) is 0 Å². The van der Waals surface area contributed by atoms with Gasteiger partial charge in [-0.2, -0.15) is 0 Å². The van der Waals surface area contributed by atoms with Crippen LogP contribution in [-0.2, 0) is 0 Å². The molecule has 2 unspecified atom stereocenters. The zero-order valence-corrected chi connectivity index (χ0v) is 7.39. The highest BCUT2D eigenvalue weighted by molar-refractivity contribution is 5.85. The molecule has 2 aliphatic rings. The molecule has 0 spiro atoms. The SMILES string of the molecule is Cl.NC1C[C@@H]2CC(O)C[C@@H]2C1. The van der Waals surface area contributed by atoms with E-state index in [1.165, 1.54) is 0 Å². The van der Waals surface area contributed by atoms with Crippen molar-refractivity contribution in [1.82, 2.24) is 0 Å². The van der Waals surface area contributed by atoms with Gasteiger partial charge in [0, 0.05) is 6.04 Å². The summed E-state index contributed by atoms with van der Waals surface area (Å²) in [6.07, 6.45) is 4.32. The molecule has 0 aromatic heterocycles. The lowest BCUT2D eigenvalue weighted by molar-refractivity contribution is 0.171. The predicted molar refractivity (Wildman–Crippen MR) is 46.7 cm³/mol. The first-order valence-electron chi connectivity index (χ1n) is 4.19. The second-order valence-electron chi connectivity index (χ2n) is 3.88. The van der Waals surface area contributed by atoms with Gasteiger partial charge in [-0.15, -0.1) is 12.4 Å². The first-order valence-corrected chi connectivity index (χ1v) is 4.19. The summed E-state index contributed by atoms with van der Waals surface area (Å²) in [5.74, 6) is 1.51. The Balaban J connectivity index is 0.000000605. The summed E-state index contributed by atoms with van der Waals surface area (Å²) >= 11 is 0. The molecule has 2 saturated carbocycles. The Morgan fingerprint density at radius 3 is 1.91 bits per heavy atom. The van der Waals surface area contributed by atoms with E-state index in [2.05, 4.69) is 0 Å². The summed E-state index contributed by atoms with van der Waals surface area (Å²) in [6, 6.07) is 0.433. The Kier molecular flexibility index (Phi) is 2.79. The van der Waals surface area contributed by atoms with Gasteiger partial charge in [0.15, 0.2) is 0 Å². The highest BCUT2D eigenvalue weighted by Crippen LogP contribution is 2.43. The van der Waals surface area contributed by atoms with Crippen molar-refractivity contribution in [2.75, 3.05) is 0 Å². The van der Waals surface area contributed by atoms with Crippen molar-refractivity contribution in [3.63, 3.8) is 0 Å². The van der Waals surface area contributed by atoms with Gasteiger partial charge < -0.3 is 10.8 Å². The van der Waals surface area contributed by atoms with Crippen molar-refractivity contribution in [2.45, 2.75) is 37.8 Å². The molecule has 0 aliphatic heterocycles. The van der Waals surface area contributed by atoms with E-state index in [4.69, 9.17) is 5.73 Å². The number of aliphatic hydroxyl groups is 1. The highest BCUT2D eigenvalue weighted by atomic mass is 35.5. The monoisotopic (exact) mass is 177 g/mol. The van der Waals surface area contributed by atoms with E-state index in [-0.39, 0.29) is 18.5 Å². The zero-order valence-electron chi connectivity index (χ0n) is 6.57. The Morgan fingerprint density at radius 1 is 1.00 bits per heavy atom. The molecule has 0 saturated heterocycles. The van der Waals surface area contributed by atoms with Crippen molar-refractivity contribution >= 4 is 12.4 Å². The molecule has 2 fully saturated rings. The molecule has 2 rings (SSSR count). The van der Waals surface area contributed by atoms with E-state index in [1.807, 2.05) is 0 Å². The average molecular weight is 178 g/mol. The lowest BCUT2D eigenvalue weighted by Gasteiger charge is -2.04. The molecular formula is C8H16ClNO. The van der Waals surface area contributed by atoms with Crippen LogP contribution in [-0.4, -0.2) is 17.3 Å². The minimum absolute atomic E-state index is 0. The third kappa shape index (κ3) is 1.68. The Morgan fingerprint density at radius 2 is 1.45 bits per heavy atom. The number of hydrogen-bond acceptors (Lipinski definition) is 2. The maximum Gasteiger partial charge on any atom is 0.0545 e. The standard InChI is InChI=1S/C8H15NO.ClH/c9-7-1-5-3-8(10)4-6(5)2-7;/h5-8,10H,1-4,9H2;1H/t5-,6+,7?,8?;. The summed E-state index contributed by atoms with van der Waals surface area (Å²) in [4.78, 5) is 0. The van der Waals surface area contributed by atoms with E-state index >= 15 is 0 Å². The molecule has 3 N–H and O–H groups in total. The van der Waals surface area contributed by atoms with Crippen molar-refractivity contribution in [3.8, 4) is 0 Å². The molecule has 3 heteroatoms. The van der Waals surface area contributed by atoms with E-state index in [1.54, 1.807) is 0 Å². The normalized spacial score (nSPS) is 48.5. The van der Waals surface area contributed by atoms with Crippen LogP contribution in [0, 0.1) is 11.8 Å². The minimum Gasteiger partial charge on any atom is -0.393 e. The Labute approximate surface area is 73.6 Å². The van der Waals surface area contributed by atoms with Crippen molar-refractivity contribution in [1.29, 1.82) is 0 Å². The number of hydrogen-bond donors (Lipinski definition) is 2. The maximum atomic E-state index is 9.28. The molecule has 0 bridgehead atoms. The quantitative estimate of drug-likeness (QED) is 0.578. The van der Waals surface area contributed by atoms with Gasteiger partial charge in [0.05, 0.1) is 6.10 Å². The fourth-order valence-electron chi connectivity index (χ4n) is 2.63. The van der Waals surface area contributed by atoms with Gasteiger partial charge in [-0.05, 0) is 37.5 Å². The van der Waals surface area contributed by atoms with E-state index in [0.29, 0.717) is 6.04 Å². The summed E-state index contributed by atoms with van der Waals surface area (Å²) in [5, 5.41) is 9.28. The molecule has 2 nitrogen and oxygen atoms in total. The first kappa shape index (κ1) is 9.30. The molecule has 0 aromatic carbocycles. The van der Waals surface area contributed by atoms with Gasteiger partial charge in [-0.25, -0.2) is 0 Å². The Bertz CT molecular complexity index is 114. The second-order valence-corrected chi connectivity index (χ2v) is 3.88. The molecule has 0 aromatic rings. The van der Waals surface area contributed by atoms with Crippen LogP contribution in [0.2, 0.25) is 0 Å². The van der Waals surface area contributed by atoms with Crippen LogP contribution >= 0.6 is 12.4 Å². The number of aliphatic hydroxyl groups excluding tert-OH is 1. The molecule has 4 atom stereocenters. The minimum atomic E-state index is -0.0116. The molecule has 2 aliphatic carbocycles. The third-order valence-corrected chi connectivity index (χ3v) is 3.03. The maximum absolute atomic E-state index is 9.28. The van der Waals surface area contributed by atoms with Crippen LogP contribution in [0.3, 0.4) is 0 Å². The van der Waals surface area contributed by atoms with E-state index in [0.717, 1.165) is 37.5 Å². The zero-order chi connectivity index (χ0) is 7.14. The molecular weight excluding hydrogens is 162 g/mol. The van der Waals surface area contributed by atoms with Gasteiger partial charge in [-0.1, -0.05) is 0 Å². The fourth-order valence-corrected chi connectivity index (χ4v) is 2.63. The van der Waals surface area contributed by atoms with E-state index in [9.17, 15) is 5.11 Å². The summed E-state index contributed by atoms with van der Waals surface area (Å²) in [7, 11) is 0. The van der Waals surface area contributed by atoms with Gasteiger partial charge in [0.1, 0.15) is 0 Å². The summed E-state index contributed by atoms with van der Waals surface area (Å²) in [5.41, 5.74) is 5.79. The topological polar surface area (TPSA) is 46.2 Å². The number of halogens is 1. The molecule has 66 valence electrons. The van der Waals surface area contributed by atoms with Crippen LogP contribution in [0.1, 0.15) is 25.7 Å². The van der Waals surface area contributed by atoms with Gasteiger partial charge in [-0.3, -0.25) is 0 Å². The van der Waals surface area contributed by atoms with Gasteiger partial charge >= 0.3 is 0 Å². The fraction of sp³-hybridized carbons (Fsp3) is 1.00. The Hall–Kier alpha value is 0.210. The number of fused-ring (bicyclic) bond motifs is 1. The van der Waals surface area contributed by atoms with Crippen molar-refractivity contribution in [3.05, 3.63) is 0 Å². The number of nitrogens with two attached hydrogens (primary N) is 1. The summed E-state index contributed by atoms with van der Waals surface area (Å²) < 4.78 is 0. The van der Waals surface area contributed by atoms with Gasteiger partial charge in [0.25, 0.3) is 0 Å². The molecule has 0 amide bonds. The lowest BCUT2D eigenvalue weighted by Crippen LogP contribution is -2.17. The summed E-state index contributed by atoms with van der Waals surface area (Å²) in [6.45, 7) is 0. The third-order valence-electron chi connectivity index (χ3n) is 3.03. The van der Waals surface area contributed by atoms with Crippen LogP contribution < -0.4 is 5.73 Å². The van der Waals surface area contributed by atoms with Crippen molar-refractivity contribution < 1.29 is 5.11 Å². The van der Waals surface area contributed by atoms with Crippen LogP contribution in [0.4, 0.5) is 0 Å². The molecule has 11 heavy (non-hydrogen) atoms. The first-order chi connectivity index (χ1) is 4.75. The number of rotatable bonds is 0. The van der Waals surface area contributed by atoms with Crippen LogP contribution in [0.25, 0.3) is 0 Å². The average Bonchev–Trinajstić information content (AvgIpc) is 2.21. The van der Waals surface area contributed by atoms with Crippen LogP contribution in [0.15, 0.2) is 0 Å². The van der Waals surface area contributed by atoms with Crippen molar-refractivity contribution in [2.24, 2.45) is 17.6 Å². The van der Waals surface area contributed by atoms with Crippen LogP contribution in [0.5, 0.6) is 0 Å². The molecule has 0 heterocycles. The predicted octanol–water partition coefficient (Wildman–Crippen LogP) is 0.916.